The Morgan fingerprint density at radius 3 is 1.30 bits per heavy atom. The SMILES string of the molecule is Cc1cc(O)c(C(C)(C)C)cc1SOSc1cc(C(C)(C)C)c(O)cc1C. The third-order valence-corrected chi connectivity index (χ3v) is 6.23. The summed E-state index contributed by atoms with van der Waals surface area (Å²) >= 11 is 2.59. The minimum atomic E-state index is -0.143. The van der Waals surface area contributed by atoms with E-state index in [2.05, 4.69) is 41.5 Å². The second-order valence-corrected chi connectivity index (χ2v) is 10.8. The van der Waals surface area contributed by atoms with Crippen molar-refractivity contribution < 1.29 is 13.8 Å². The van der Waals surface area contributed by atoms with Gasteiger partial charge >= 0.3 is 0 Å². The predicted octanol–water partition coefficient (Wildman–Crippen LogP) is 7.04. The molecule has 3 nitrogen and oxygen atoms in total. The fourth-order valence-electron chi connectivity index (χ4n) is 2.82. The molecule has 0 saturated carbocycles. The summed E-state index contributed by atoms with van der Waals surface area (Å²) in [6, 6.07) is 7.58. The van der Waals surface area contributed by atoms with E-state index in [1.165, 1.54) is 24.1 Å². The lowest BCUT2D eigenvalue weighted by molar-refractivity contribution is 0.444. The summed E-state index contributed by atoms with van der Waals surface area (Å²) in [6.45, 7) is 16.4. The molecule has 0 aliphatic carbocycles. The Balaban J connectivity index is 2.20. The Bertz CT molecular complexity index is 761. The summed E-state index contributed by atoms with van der Waals surface area (Å²) in [5.41, 5.74) is 3.47. The molecule has 0 radical (unpaired) electrons. The zero-order valence-electron chi connectivity index (χ0n) is 17.4. The lowest BCUT2D eigenvalue weighted by atomic mass is 9.86. The molecule has 0 spiro atoms. The Labute approximate surface area is 172 Å². The van der Waals surface area contributed by atoms with Gasteiger partial charge in [0.05, 0.1) is 0 Å². The molecule has 2 rings (SSSR count). The summed E-state index contributed by atoms with van der Waals surface area (Å²) in [4.78, 5) is 1.97. The van der Waals surface area contributed by atoms with Crippen molar-refractivity contribution in [2.75, 3.05) is 0 Å². The van der Waals surface area contributed by atoms with Crippen LogP contribution in [0.2, 0.25) is 0 Å². The number of hydrogen-bond acceptors (Lipinski definition) is 5. The van der Waals surface area contributed by atoms with Crippen molar-refractivity contribution >= 4 is 24.1 Å². The maximum atomic E-state index is 10.2. The second kappa shape index (κ2) is 7.98. The first kappa shape index (κ1) is 22.0. The molecular formula is C22H30O3S2. The van der Waals surface area contributed by atoms with Crippen LogP contribution in [-0.2, 0) is 14.5 Å². The normalized spacial score (nSPS) is 12.4. The quantitative estimate of drug-likeness (QED) is 0.533. The maximum Gasteiger partial charge on any atom is 0.119 e. The number of hydrogen-bond donors (Lipinski definition) is 2. The van der Waals surface area contributed by atoms with Gasteiger partial charge in [-0.3, -0.25) is 0 Å². The zero-order chi connectivity index (χ0) is 20.6. The van der Waals surface area contributed by atoms with Crippen molar-refractivity contribution in [2.45, 2.75) is 76.0 Å². The van der Waals surface area contributed by atoms with Crippen LogP contribution in [0.1, 0.15) is 63.8 Å². The zero-order valence-corrected chi connectivity index (χ0v) is 19.1. The van der Waals surface area contributed by atoms with Crippen molar-refractivity contribution in [3.8, 4) is 11.5 Å². The smallest absolute Gasteiger partial charge is 0.119 e. The van der Waals surface area contributed by atoms with Crippen LogP contribution in [0, 0.1) is 13.8 Å². The van der Waals surface area contributed by atoms with Gasteiger partial charge in [0.15, 0.2) is 0 Å². The fraction of sp³-hybridized carbons (Fsp3) is 0.455. The molecule has 5 heteroatoms. The van der Waals surface area contributed by atoms with Gasteiger partial charge in [0.1, 0.15) is 11.5 Å². The molecule has 27 heavy (non-hydrogen) atoms. The van der Waals surface area contributed by atoms with Gasteiger partial charge in [0, 0.05) is 45.0 Å². The van der Waals surface area contributed by atoms with Crippen LogP contribution in [0.25, 0.3) is 0 Å². The van der Waals surface area contributed by atoms with Crippen LogP contribution >= 0.6 is 24.1 Å². The van der Waals surface area contributed by atoms with Crippen molar-refractivity contribution in [1.82, 2.24) is 0 Å². The van der Waals surface area contributed by atoms with E-state index < -0.39 is 0 Å². The third-order valence-electron chi connectivity index (χ3n) is 4.45. The van der Waals surface area contributed by atoms with Gasteiger partial charge in [-0.05, 0) is 60.1 Å². The van der Waals surface area contributed by atoms with Gasteiger partial charge in [-0.25, -0.2) is 3.63 Å². The molecule has 0 bridgehead atoms. The first-order valence-electron chi connectivity index (χ1n) is 9.00. The van der Waals surface area contributed by atoms with Crippen molar-refractivity contribution in [1.29, 1.82) is 0 Å². The molecule has 148 valence electrons. The summed E-state index contributed by atoms with van der Waals surface area (Å²) in [6.07, 6.45) is 0. The number of aromatic hydroxyl groups is 2. The first-order valence-corrected chi connectivity index (χ1v) is 10.5. The van der Waals surface area contributed by atoms with Crippen molar-refractivity contribution in [2.24, 2.45) is 0 Å². The van der Waals surface area contributed by atoms with Crippen LogP contribution in [0.5, 0.6) is 11.5 Å². The number of rotatable bonds is 4. The highest BCUT2D eigenvalue weighted by molar-refractivity contribution is 8.08. The minimum Gasteiger partial charge on any atom is -0.508 e. The molecule has 0 amide bonds. The van der Waals surface area contributed by atoms with E-state index in [-0.39, 0.29) is 10.8 Å². The predicted molar refractivity (Wildman–Crippen MR) is 116 cm³/mol. The number of benzene rings is 2. The Hall–Kier alpha value is -1.30. The Morgan fingerprint density at radius 2 is 1.00 bits per heavy atom. The van der Waals surface area contributed by atoms with E-state index in [4.69, 9.17) is 3.63 Å². The molecule has 0 aromatic heterocycles. The van der Waals surface area contributed by atoms with Gasteiger partial charge in [-0.1, -0.05) is 41.5 Å². The van der Waals surface area contributed by atoms with Gasteiger partial charge < -0.3 is 10.2 Å². The Morgan fingerprint density at radius 1 is 0.667 bits per heavy atom. The molecule has 0 heterocycles. The first-order chi connectivity index (χ1) is 12.3. The highest BCUT2D eigenvalue weighted by Gasteiger charge is 2.21. The summed E-state index contributed by atoms with van der Waals surface area (Å²) in [5.74, 6) is 0.641. The molecule has 0 aliphatic rings. The molecule has 0 aliphatic heterocycles. The van der Waals surface area contributed by atoms with Crippen molar-refractivity contribution in [3.05, 3.63) is 46.5 Å². The maximum absolute atomic E-state index is 10.2. The average molecular weight is 407 g/mol. The van der Waals surface area contributed by atoms with Crippen LogP contribution in [0.15, 0.2) is 34.1 Å². The molecule has 0 saturated heterocycles. The number of phenols is 2. The standard InChI is InChI=1S/C22H30O3S2/c1-13-9-17(23)15(21(3,4)5)11-19(13)26-25-27-20-12-16(22(6,7)8)18(24)10-14(20)2/h9-12,23-24H,1-8H3. The molecule has 2 aromatic rings. The van der Waals surface area contributed by atoms with Gasteiger partial charge in [-0.2, -0.15) is 0 Å². The van der Waals surface area contributed by atoms with Crippen LogP contribution < -0.4 is 0 Å². The van der Waals surface area contributed by atoms with E-state index in [9.17, 15) is 10.2 Å². The summed E-state index contributed by atoms with van der Waals surface area (Å²) in [7, 11) is 0. The second-order valence-electron chi connectivity index (χ2n) is 9.00. The third kappa shape index (κ3) is 5.37. The van der Waals surface area contributed by atoms with Crippen LogP contribution in [0.3, 0.4) is 0 Å². The molecular weight excluding hydrogens is 376 g/mol. The Kier molecular flexibility index (Phi) is 6.50. The van der Waals surface area contributed by atoms with Gasteiger partial charge in [0.2, 0.25) is 0 Å². The summed E-state index contributed by atoms with van der Waals surface area (Å²) < 4.78 is 5.85. The molecule has 2 aromatic carbocycles. The van der Waals surface area contributed by atoms with E-state index in [1.54, 1.807) is 12.1 Å². The highest BCUT2D eigenvalue weighted by atomic mass is 32.2. The topological polar surface area (TPSA) is 49.7 Å². The van der Waals surface area contributed by atoms with Gasteiger partial charge in [-0.15, -0.1) is 0 Å². The summed E-state index contributed by atoms with van der Waals surface area (Å²) in [5, 5.41) is 20.5. The number of phenolic OH excluding ortho intramolecular Hbond substituents is 2. The fourth-order valence-corrected chi connectivity index (χ4v) is 4.25. The molecule has 0 fully saturated rings. The van der Waals surface area contributed by atoms with E-state index in [1.807, 2.05) is 26.0 Å². The minimum absolute atomic E-state index is 0.143. The van der Waals surface area contributed by atoms with Crippen LogP contribution in [-0.4, -0.2) is 10.2 Å². The van der Waals surface area contributed by atoms with Crippen molar-refractivity contribution in [3.63, 3.8) is 0 Å². The lowest BCUT2D eigenvalue weighted by Crippen LogP contribution is -2.11. The highest BCUT2D eigenvalue weighted by Crippen LogP contribution is 2.41. The molecule has 0 atom stereocenters. The largest absolute Gasteiger partial charge is 0.508 e. The monoisotopic (exact) mass is 406 g/mol. The van der Waals surface area contributed by atoms with Gasteiger partial charge in [0.25, 0.3) is 0 Å². The molecule has 2 N–H and O–H groups in total. The molecule has 0 unspecified atom stereocenters. The van der Waals surface area contributed by atoms with Crippen LogP contribution in [0.4, 0.5) is 0 Å². The average Bonchev–Trinajstić information content (AvgIpc) is 2.48. The van der Waals surface area contributed by atoms with E-state index in [0.29, 0.717) is 11.5 Å². The number of aryl methyl sites for hydroxylation is 2. The lowest BCUT2D eigenvalue weighted by Gasteiger charge is -2.22. The van der Waals surface area contributed by atoms with E-state index in [0.717, 1.165) is 32.0 Å². The van der Waals surface area contributed by atoms with E-state index >= 15 is 0 Å².